The number of sulfone groups is 1. The van der Waals surface area contributed by atoms with Crippen LogP contribution in [0.25, 0.3) is 0 Å². The second-order valence-electron chi connectivity index (χ2n) is 6.48. The summed E-state index contributed by atoms with van der Waals surface area (Å²) in [6, 6.07) is 4.60. The van der Waals surface area contributed by atoms with Gasteiger partial charge in [0, 0.05) is 18.5 Å². The number of hydrogen-bond donors (Lipinski definition) is 2. The number of nitrogens with one attached hydrogen (secondary N) is 1. The first-order valence-corrected chi connectivity index (χ1v) is 10.3. The molecule has 0 spiro atoms. The molecule has 3 N–H and O–H groups in total. The fourth-order valence-electron chi connectivity index (χ4n) is 3.35. The minimum Gasteiger partial charge on any atom is -0.486 e. The van der Waals surface area contributed by atoms with Crippen molar-refractivity contribution in [3.8, 4) is 11.5 Å². The van der Waals surface area contributed by atoms with Gasteiger partial charge in [0.2, 0.25) is 5.91 Å². The van der Waals surface area contributed by atoms with Crippen LogP contribution in [-0.4, -0.2) is 45.9 Å². The lowest BCUT2D eigenvalue weighted by atomic mass is 10.0. The van der Waals surface area contributed by atoms with Crippen molar-refractivity contribution >= 4 is 28.2 Å². The molecule has 1 amide bonds. The van der Waals surface area contributed by atoms with Gasteiger partial charge in [0.1, 0.15) is 13.2 Å². The van der Waals surface area contributed by atoms with E-state index in [9.17, 15) is 13.2 Å². The molecule has 1 fully saturated rings. The van der Waals surface area contributed by atoms with Crippen LogP contribution in [0.4, 0.5) is 0 Å². The third-order valence-electron chi connectivity index (χ3n) is 4.78. The molecule has 7 nitrogen and oxygen atoms in total. The van der Waals surface area contributed by atoms with Crippen LogP contribution in [0.5, 0.6) is 11.5 Å². The summed E-state index contributed by atoms with van der Waals surface area (Å²) in [7, 11) is -3.56. The molecule has 1 heterocycles. The summed E-state index contributed by atoms with van der Waals surface area (Å²) >= 11 is 0. The Hall–Kier alpha value is -1.51. The number of hydrogen-bond acceptors (Lipinski definition) is 6. The van der Waals surface area contributed by atoms with E-state index in [1.54, 1.807) is 6.07 Å². The summed E-state index contributed by atoms with van der Waals surface area (Å²) in [5.41, 5.74) is 5.71. The Morgan fingerprint density at radius 2 is 1.92 bits per heavy atom. The molecule has 0 aromatic heterocycles. The Balaban J connectivity index is 0.00000243. The van der Waals surface area contributed by atoms with Crippen LogP contribution < -0.4 is 20.5 Å². The van der Waals surface area contributed by atoms with Crippen LogP contribution in [0.3, 0.4) is 0 Å². The first-order chi connectivity index (χ1) is 12.0. The zero-order valence-electron chi connectivity index (χ0n) is 14.5. The van der Waals surface area contributed by atoms with Gasteiger partial charge in [0.15, 0.2) is 21.3 Å². The van der Waals surface area contributed by atoms with Crippen molar-refractivity contribution in [1.29, 1.82) is 0 Å². The number of amides is 1. The smallest absolute Gasteiger partial charge is 0.221 e. The number of rotatable bonds is 6. The maximum atomic E-state index is 12.5. The second-order valence-corrected chi connectivity index (χ2v) is 8.58. The molecule has 2 aliphatic rings. The number of fused-ring (bicyclic) bond motifs is 1. The van der Waals surface area contributed by atoms with E-state index in [0.717, 1.165) is 19.3 Å². The van der Waals surface area contributed by atoms with Crippen LogP contribution in [0.2, 0.25) is 0 Å². The summed E-state index contributed by atoms with van der Waals surface area (Å²) in [5.74, 6) is 0.772. The van der Waals surface area contributed by atoms with E-state index in [2.05, 4.69) is 5.32 Å². The van der Waals surface area contributed by atoms with Crippen LogP contribution in [0, 0.1) is 5.92 Å². The zero-order chi connectivity index (χ0) is 17.9. The summed E-state index contributed by atoms with van der Waals surface area (Å²) in [4.78, 5) is 12.3. The van der Waals surface area contributed by atoms with Crippen LogP contribution >= 0.6 is 12.4 Å². The highest BCUT2D eigenvalue weighted by Gasteiger charge is 2.28. The Morgan fingerprint density at radius 1 is 1.19 bits per heavy atom. The summed E-state index contributed by atoms with van der Waals surface area (Å²) in [6.45, 7) is 1.38. The van der Waals surface area contributed by atoms with Gasteiger partial charge in [-0.05, 0) is 37.4 Å². The predicted molar refractivity (Wildman–Crippen MR) is 99.7 cm³/mol. The van der Waals surface area contributed by atoms with Gasteiger partial charge in [0.25, 0.3) is 0 Å². The lowest BCUT2D eigenvalue weighted by Crippen LogP contribution is -2.40. The Bertz CT molecular complexity index is 741. The van der Waals surface area contributed by atoms with E-state index in [0.29, 0.717) is 37.2 Å². The van der Waals surface area contributed by atoms with Gasteiger partial charge in [-0.3, -0.25) is 4.79 Å². The predicted octanol–water partition coefficient (Wildman–Crippen LogP) is 1.29. The van der Waals surface area contributed by atoms with Crippen LogP contribution in [0.1, 0.15) is 25.7 Å². The highest BCUT2D eigenvalue weighted by Crippen LogP contribution is 2.32. The van der Waals surface area contributed by atoms with Crippen LogP contribution in [-0.2, 0) is 14.6 Å². The highest BCUT2D eigenvalue weighted by molar-refractivity contribution is 7.91. The number of carbonyl (C=O) groups excluding carboxylic acids is 1. The molecule has 9 heteroatoms. The van der Waals surface area contributed by atoms with Crippen molar-refractivity contribution in [2.24, 2.45) is 11.7 Å². The average Bonchev–Trinajstić information content (AvgIpc) is 3.06. The Morgan fingerprint density at radius 3 is 2.65 bits per heavy atom. The molecule has 0 radical (unpaired) electrons. The third kappa shape index (κ3) is 4.81. The van der Waals surface area contributed by atoms with Crippen molar-refractivity contribution in [2.75, 3.05) is 25.5 Å². The largest absolute Gasteiger partial charge is 0.486 e. The molecule has 1 aliphatic carbocycles. The molecular formula is C17H25ClN2O5S. The third-order valence-corrected chi connectivity index (χ3v) is 6.49. The normalized spacial score (nSPS) is 21.7. The molecule has 1 aliphatic heterocycles. The average molecular weight is 405 g/mol. The molecule has 1 aromatic rings. The van der Waals surface area contributed by atoms with Gasteiger partial charge in [-0.25, -0.2) is 8.42 Å². The van der Waals surface area contributed by atoms with Gasteiger partial charge >= 0.3 is 0 Å². The standard InChI is InChI=1S/C17H24N2O5S.ClH/c18-11-12-2-1-3-14(12)19-17(20)6-9-25(21,22)13-4-5-15-16(10-13)24-8-7-23-15;/h4-5,10,12,14H,1-3,6-9,11,18H2,(H,19,20);1H. The number of halogens is 1. The number of carbonyl (C=O) groups is 1. The fourth-order valence-corrected chi connectivity index (χ4v) is 4.60. The molecule has 2 atom stereocenters. The molecule has 26 heavy (non-hydrogen) atoms. The molecule has 1 saturated carbocycles. The summed E-state index contributed by atoms with van der Waals surface area (Å²) in [5, 5.41) is 2.93. The maximum Gasteiger partial charge on any atom is 0.221 e. The monoisotopic (exact) mass is 404 g/mol. The zero-order valence-corrected chi connectivity index (χ0v) is 16.1. The first-order valence-electron chi connectivity index (χ1n) is 8.61. The SMILES string of the molecule is Cl.NCC1CCCC1NC(=O)CCS(=O)(=O)c1ccc2c(c1)OCCO2. The van der Waals surface area contributed by atoms with E-state index in [-0.39, 0.29) is 41.4 Å². The molecule has 0 bridgehead atoms. The Labute approximate surface area is 159 Å². The van der Waals surface area contributed by atoms with Gasteiger partial charge in [-0.1, -0.05) is 6.42 Å². The van der Waals surface area contributed by atoms with Crippen LogP contribution in [0.15, 0.2) is 23.1 Å². The second kappa shape index (κ2) is 8.92. The Kier molecular flexibility index (Phi) is 7.14. The fraction of sp³-hybridized carbons (Fsp3) is 0.588. The quantitative estimate of drug-likeness (QED) is 0.739. The lowest BCUT2D eigenvalue weighted by Gasteiger charge is -2.20. The van der Waals surface area contributed by atoms with E-state index >= 15 is 0 Å². The van der Waals surface area contributed by atoms with E-state index in [1.807, 2.05) is 0 Å². The van der Waals surface area contributed by atoms with Crippen molar-refractivity contribution in [2.45, 2.75) is 36.6 Å². The van der Waals surface area contributed by atoms with Crippen molar-refractivity contribution in [1.82, 2.24) is 5.32 Å². The van der Waals surface area contributed by atoms with Gasteiger partial charge in [-0.2, -0.15) is 0 Å². The number of nitrogens with two attached hydrogens (primary N) is 1. The van der Waals surface area contributed by atoms with Crippen molar-refractivity contribution in [3.05, 3.63) is 18.2 Å². The van der Waals surface area contributed by atoms with E-state index in [4.69, 9.17) is 15.2 Å². The van der Waals surface area contributed by atoms with Gasteiger partial charge < -0.3 is 20.5 Å². The maximum absolute atomic E-state index is 12.5. The molecule has 2 unspecified atom stereocenters. The van der Waals surface area contributed by atoms with E-state index < -0.39 is 9.84 Å². The highest BCUT2D eigenvalue weighted by atomic mass is 35.5. The number of ether oxygens (including phenoxy) is 2. The molecule has 1 aromatic carbocycles. The number of benzene rings is 1. The first kappa shape index (κ1) is 20.8. The van der Waals surface area contributed by atoms with Crippen molar-refractivity contribution < 1.29 is 22.7 Å². The topological polar surface area (TPSA) is 108 Å². The minimum absolute atomic E-state index is 0. The van der Waals surface area contributed by atoms with E-state index in [1.165, 1.54) is 12.1 Å². The van der Waals surface area contributed by atoms with Gasteiger partial charge in [0.05, 0.1) is 10.6 Å². The van der Waals surface area contributed by atoms with Crippen molar-refractivity contribution in [3.63, 3.8) is 0 Å². The van der Waals surface area contributed by atoms with Gasteiger partial charge in [-0.15, -0.1) is 12.4 Å². The molecule has 0 saturated heterocycles. The molecular weight excluding hydrogens is 380 g/mol. The lowest BCUT2D eigenvalue weighted by molar-refractivity contribution is -0.121. The summed E-state index contributed by atoms with van der Waals surface area (Å²) in [6.07, 6.45) is 2.90. The molecule has 3 rings (SSSR count). The molecule has 146 valence electrons. The minimum atomic E-state index is -3.56. The summed E-state index contributed by atoms with van der Waals surface area (Å²) < 4.78 is 35.8.